The third kappa shape index (κ3) is 10.9. The molecule has 10 heteroatoms. The molecule has 0 aromatic heterocycles. The molecule has 2 aromatic rings. The van der Waals surface area contributed by atoms with Gasteiger partial charge in [-0.1, -0.05) is 88.4 Å². The van der Waals surface area contributed by atoms with Crippen LogP contribution in [0.2, 0.25) is 0 Å². The summed E-state index contributed by atoms with van der Waals surface area (Å²) < 4.78 is 10.4. The van der Waals surface area contributed by atoms with Gasteiger partial charge in [0.1, 0.15) is 25.3 Å². The van der Waals surface area contributed by atoms with E-state index in [4.69, 9.17) is 9.47 Å². The number of ether oxygens (including phenoxy) is 2. The summed E-state index contributed by atoms with van der Waals surface area (Å²) in [5.41, 5.74) is 1.67. The number of alkyl carbamates (subject to hydrolysis) is 2. The third-order valence-corrected chi connectivity index (χ3v) is 5.59. The molecule has 206 valence electrons. The first-order valence-electron chi connectivity index (χ1n) is 12.7. The molecule has 0 aliphatic carbocycles. The minimum absolute atomic E-state index is 0.0932. The van der Waals surface area contributed by atoms with Crippen LogP contribution in [0.4, 0.5) is 9.59 Å². The Hall–Kier alpha value is -4.08. The molecule has 0 heterocycles. The second-order valence-corrected chi connectivity index (χ2v) is 9.44. The zero-order valence-electron chi connectivity index (χ0n) is 22.4. The van der Waals surface area contributed by atoms with E-state index >= 15 is 0 Å². The molecule has 0 bridgehead atoms. The maximum atomic E-state index is 12.6. The second-order valence-electron chi connectivity index (χ2n) is 9.44. The number of carbonyl (C=O) groups is 4. The Bertz CT molecular complexity index is 947. The van der Waals surface area contributed by atoms with Crippen LogP contribution in [0.5, 0.6) is 0 Å². The minimum atomic E-state index is -0.807. The van der Waals surface area contributed by atoms with Crippen LogP contribution in [0.25, 0.3) is 0 Å². The van der Waals surface area contributed by atoms with E-state index < -0.39 is 36.1 Å². The van der Waals surface area contributed by atoms with E-state index in [0.717, 1.165) is 11.1 Å². The summed E-state index contributed by atoms with van der Waals surface area (Å²) in [5.74, 6) is -1.17. The summed E-state index contributed by atoms with van der Waals surface area (Å²) >= 11 is 0. The molecule has 0 fully saturated rings. The van der Waals surface area contributed by atoms with E-state index in [1.165, 1.54) is 0 Å². The largest absolute Gasteiger partial charge is 0.445 e. The summed E-state index contributed by atoms with van der Waals surface area (Å²) in [5, 5.41) is 10.6. The number of hydrogen-bond acceptors (Lipinski definition) is 6. The SMILES string of the molecule is CC(C)[C@H](NC(=O)OCc1ccccc1)C(=O)NCCNC(=O)[C@@H](NC(=O)OCc1ccccc1)C(C)C. The summed E-state index contributed by atoms with van der Waals surface area (Å²) in [6.45, 7) is 7.68. The summed E-state index contributed by atoms with van der Waals surface area (Å²) in [6, 6.07) is 16.8. The molecule has 38 heavy (non-hydrogen) atoms. The van der Waals surface area contributed by atoms with Crippen LogP contribution < -0.4 is 21.3 Å². The van der Waals surface area contributed by atoms with E-state index in [2.05, 4.69) is 21.3 Å². The third-order valence-electron chi connectivity index (χ3n) is 5.59. The van der Waals surface area contributed by atoms with Crippen LogP contribution in [0.3, 0.4) is 0 Å². The summed E-state index contributed by atoms with van der Waals surface area (Å²) in [6.07, 6.45) is -1.39. The highest BCUT2D eigenvalue weighted by molar-refractivity contribution is 5.87. The number of carbonyl (C=O) groups excluding carboxylic acids is 4. The van der Waals surface area contributed by atoms with E-state index in [1.54, 1.807) is 27.7 Å². The number of hydrogen-bond donors (Lipinski definition) is 4. The van der Waals surface area contributed by atoms with Gasteiger partial charge in [0.05, 0.1) is 0 Å². The van der Waals surface area contributed by atoms with E-state index in [-0.39, 0.29) is 38.1 Å². The molecule has 0 saturated carbocycles. The van der Waals surface area contributed by atoms with Crippen molar-refractivity contribution in [3.8, 4) is 0 Å². The highest BCUT2D eigenvalue weighted by Gasteiger charge is 2.26. The molecule has 4 N–H and O–H groups in total. The van der Waals surface area contributed by atoms with Crippen LogP contribution in [0, 0.1) is 11.8 Å². The van der Waals surface area contributed by atoms with Crippen LogP contribution in [0.1, 0.15) is 38.8 Å². The number of benzene rings is 2. The molecule has 0 spiro atoms. The lowest BCUT2D eigenvalue weighted by molar-refractivity contribution is -0.125. The lowest BCUT2D eigenvalue weighted by Gasteiger charge is -2.23. The standard InChI is InChI=1S/C28H38N4O6/c1-19(2)23(31-27(35)37-17-21-11-7-5-8-12-21)25(33)29-15-16-30-26(34)24(20(3)4)32-28(36)38-18-22-13-9-6-10-14-22/h5-14,19-20,23-24H,15-18H2,1-4H3,(H,29,33)(H,30,34)(H,31,35)(H,32,36)/t23-,24-/m0/s1. The summed E-state index contributed by atoms with van der Waals surface area (Å²) in [4.78, 5) is 49.7. The fourth-order valence-electron chi connectivity index (χ4n) is 3.44. The lowest BCUT2D eigenvalue weighted by Crippen LogP contribution is -2.53. The van der Waals surface area contributed by atoms with Crippen molar-refractivity contribution in [1.82, 2.24) is 21.3 Å². The Labute approximate surface area is 223 Å². The van der Waals surface area contributed by atoms with Crippen molar-refractivity contribution in [3.63, 3.8) is 0 Å². The minimum Gasteiger partial charge on any atom is -0.445 e. The molecular formula is C28H38N4O6. The number of rotatable bonds is 13. The highest BCUT2D eigenvalue weighted by Crippen LogP contribution is 2.06. The zero-order valence-corrected chi connectivity index (χ0v) is 22.4. The van der Waals surface area contributed by atoms with Gasteiger partial charge in [0.25, 0.3) is 0 Å². The average molecular weight is 527 g/mol. The molecule has 0 aliphatic rings. The van der Waals surface area contributed by atoms with Gasteiger partial charge in [-0.3, -0.25) is 9.59 Å². The normalized spacial score (nSPS) is 12.3. The molecule has 0 radical (unpaired) electrons. The lowest BCUT2D eigenvalue weighted by atomic mass is 10.0. The van der Waals surface area contributed by atoms with Gasteiger partial charge in [0.2, 0.25) is 11.8 Å². The van der Waals surface area contributed by atoms with Gasteiger partial charge in [0, 0.05) is 13.1 Å². The van der Waals surface area contributed by atoms with Gasteiger partial charge in [-0.05, 0) is 23.0 Å². The Kier molecular flexibility index (Phi) is 12.6. The molecule has 0 saturated heterocycles. The predicted molar refractivity (Wildman–Crippen MR) is 143 cm³/mol. The van der Waals surface area contributed by atoms with Gasteiger partial charge in [-0.15, -0.1) is 0 Å². The van der Waals surface area contributed by atoms with E-state index in [0.29, 0.717) is 0 Å². The Balaban J connectivity index is 1.74. The average Bonchev–Trinajstić information content (AvgIpc) is 2.91. The van der Waals surface area contributed by atoms with Crippen molar-refractivity contribution >= 4 is 24.0 Å². The fourth-order valence-corrected chi connectivity index (χ4v) is 3.44. The molecule has 4 amide bonds. The van der Waals surface area contributed by atoms with Crippen molar-refractivity contribution in [3.05, 3.63) is 71.8 Å². The monoisotopic (exact) mass is 526 g/mol. The van der Waals surface area contributed by atoms with E-state index in [9.17, 15) is 19.2 Å². The van der Waals surface area contributed by atoms with Crippen LogP contribution in [-0.4, -0.2) is 49.2 Å². The number of amides is 4. The molecule has 2 rings (SSSR count). The topological polar surface area (TPSA) is 135 Å². The number of nitrogens with one attached hydrogen (secondary N) is 4. The maximum absolute atomic E-state index is 12.6. The molecule has 2 atom stereocenters. The van der Waals surface area contributed by atoms with Gasteiger partial charge in [-0.25, -0.2) is 9.59 Å². The maximum Gasteiger partial charge on any atom is 0.408 e. The molecule has 0 aliphatic heterocycles. The smallest absolute Gasteiger partial charge is 0.408 e. The van der Waals surface area contributed by atoms with Gasteiger partial charge < -0.3 is 30.7 Å². The first kappa shape index (κ1) is 30.1. The zero-order chi connectivity index (χ0) is 27.9. The predicted octanol–water partition coefficient (Wildman–Crippen LogP) is 3.12. The Morgan fingerprint density at radius 1 is 0.605 bits per heavy atom. The summed E-state index contributed by atoms with van der Waals surface area (Å²) in [7, 11) is 0. The van der Waals surface area contributed by atoms with Gasteiger partial charge >= 0.3 is 12.2 Å². The van der Waals surface area contributed by atoms with Gasteiger partial charge in [0.15, 0.2) is 0 Å². The first-order valence-corrected chi connectivity index (χ1v) is 12.7. The Morgan fingerprint density at radius 3 is 1.26 bits per heavy atom. The van der Waals surface area contributed by atoms with E-state index in [1.807, 2.05) is 60.7 Å². The molecule has 2 aromatic carbocycles. The molecule has 10 nitrogen and oxygen atoms in total. The highest BCUT2D eigenvalue weighted by atomic mass is 16.6. The van der Waals surface area contributed by atoms with Crippen molar-refractivity contribution in [2.45, 2.75) is 53.0 Å². The van der Waals surface area contributed by atoms with Crippen LogP contribution in [-0.2, 0) is 32.3 Å². The van der Waals surface area contributed by atoms with Crippen molar-refractivity contribution < 1.29 is 28.7 Å². The van der Waals surface area contributed by atoms with Crippen molar-refractivity contribution in [1.29, 1.82) is 0 Å². The van der Waals surface area contributed by atoms with Crippen molar-refractivity contribution in [2.75, 3.05) is 13.1 Å². The second kappa shape index (κ2) is 15.9. The fraction of sp³-hybridized carbons (Fsp3) is 0.429. The first-order chi connectivity index (χ1) is 18.2. The van der Waals surface area contributed by atoms with Crippen LogP contribution >= 0.6 is 0 Å². The van der Waals surface area contributed by atoms with Crippen molar-refractivity contribution in [2.24, 2.45) is 11.8 Å². The molecule has 0 unspecified atom stereocenters. The van der Waals surface area contributed by atoms with Crippen LogP contribution in [0.15, 0.2) is 60.7 Å². The Morgan fingerprint density at radius 2 is 0.947 bits per heavy atom. The van der Waals surface area contributed by atoms with Gasteiger partial charge in [-0.2, -0.15) is 0 Å². The molecular weight excluding hydrogens is 488 g/mol. The quantitative estimate of drug-likeness (QED) is 0.296.